The van der Waals surface area contributed by atoms with Gasteiger partial charge in [-0.3, -0.25) is 9.59 Å². The Kier molecular flexibility index (Phi) is 46.1. The van der Waals surface area contributed by atoms with Gasteiger partial charge in [-0.1, -0.05) is 211 Å². The molecule has 0 aromatic heterocycles. The molecule has 0 radical (unpaired) electrons. The first-order valence-corrected chi connectivity index (χ1v) is 25.9. The molecule has 3 atom stereocenters. The normalized spacial score (nSPS) is 13.6. The van der Waals surface area contributed by atoms with Gasteiger partial charge in [-0.05, 0) is 83.5 Å². The van der Waals surface area contributed by atoms with E-state index in [0.717, 1.165) is 96.3 Å². The summed E-state index contributed by atoms with van der Waals surface area (Å²) in [5.74, 6) is -0.501. The van der Waals surface area contributed by atoms with Crippen LogP contribution < -0.4 is 5.32 Å². The van der Waals surface area contributed by atoms with Crippen molar-refractivity contribution < 1.29 is 24.5 Å². The summed E-state index contributed by atoms with van der Waals surface area (Å²) in [5.41, 5.74) is 0. The summed E-state index contributed by atoms with van der Waals surface area (Å²) in [6.07, 6.45) is 57.4. The topological polar surface area (TPSA) is 95.9 Å². The molecule has 0 bridgehead atoms. The molecule has 0 saturated heterocycles. The molecule has 0 spiro atoms. The van der Waals surface area contributed by atoms with Gasteiger partial charge in [0.05, 0.1) is 25.2 Å². The molecule has 0 saturated carbocycles. The molecule has 1 amide bonds. The Morgan fingerprint density at radius 1 is 0.500 bits per heavy atom. The van der Waals surface area contributed by atoms with Crippen LogP contribution in [0.5, 0.6) is 0 Å². The van der Waals surface area contributed by atoms with Crippen molar-refractivity contribution in [2.75, 3.05) is 6.61 Å². The van der Waals surface area contributed by atoms with Crippen molar-refractivity contribution in [2.24, 2.45) is 0 Å². The van der Waals surface area contributed by atoms with Crippen LogP contribution in [0.25, 0.3) is 0 Å². The number of amides is 1. The molecule has 0 aliphatic heterocycles. The van der Waals surface area contributed by atoms with Gasteiger partial charge >= 0.3 is 5.97 Å². The molecule has 0 aromatic rings. The lowest BCUT2D eigenvalue weighted by Crippen LogP contribution is -2.46. The highest BCUT2D eigenvalue weighted by Crippen LogP contribution is 2.17. The Morgan fingerprint density at radius 3 is 1.38 bits per heavy atom. The van der Waals surface area contributed by atoms with Crippen molar-refractivity contribution in [2.45, 2.75) is 277 Å². The zero-order valence-electron chi connectivity index (χ0n) is 39.8. The van der Waals surface area contributed by atoms with E-state index in [0.29, 0.717) is 19.3 Å². The third-order valence-electron chi connectivity index (χ3n) is 11.6. The molecule has 3 N–H and O–H groups in total. The SMILES string of the molecule is CC/C=C/C/C=C/C/C=C/CCCCCCC(CC(=O)NC(CO)C(O)CCCCCCCCCCCCC)OC(=O)CCCCCCC/C=C/CCCCCCCCC. The fraction of sp³-hybridized carbons (Fsp3) is 0.815. The van der Waals surface area contributed by atoms with Gasteiger partial charge in [-0.2, -0.15) is 0 Å². The number of carbonyl (C=O) groups excluding carboxylic acids is 2. The van der Waals surface area contributed by atoms with E-state index >= 15 is 0 Å². The van der Waals surface area contributed by atoms with E-state index in [1.165, 1.54) is 116 Å². The monoisotopic (exact) mass is 842 g/mol. The minimum atomic E-state index is -0.794. The van der Waals surface area contributed by atoms with E-state index in [1.807, 2.05) is 0 Å². The van der Waals surface area contributed by atoms with E-state index in [4.69, 9.17) is 4.74 Å². The molecule has 3 unspecified atom stereocenters. The zero-order chi connectivity index (χ0) is 43.8. The lowest BCUT2D eigenvalue weighted by molar-refractivity contribution is -0.151. The summed E-state index contributed by atoms with van der Waals surface area (Å²) in [6, 6.07) is -0.709. The summed E-state index contributed by atoms with van der Waals surface area (Å²) in [5, 5.41) is 23.7. The molecule has 0 fully saturated rings. The van der Waals surface area contributed by atoms with E-state index in [1.54, 1.807) is 0 Å². The van der Waals surface area contributed by atoms with Gasteiger partial charge in [0.1, 0.15) is 6.10 Å². The van der Waals surface area contributed by atoms with Crippen molar-refractivity contribution in [1.29, 1.82) is 0 Å². The number of aliphatic hydroxyl groups excluding tert-OH is 2. The molecule has 6 heteroatoms. The standard InChI is InChI=1S/C54H99NO5/c1-4-7-10-13-16-19-22-24-26-27-29-32-35-38-41-44-47-54(59)60-50(45-42-39-36-33-31-28-25-23-20-17-14-11-8-5-2)48-53(58)55-51(49-56)52(57)46-43-40-37-34-30-21-18-15-12-9-6-3/h8,11,17,20,25-28,50-52,56-57H,4-7,9-10,12-16,18-19,21-24,29-49H2,1-3H3,(H,55,58)/b11-8+,20-17+,27-26+,28-25+. The van der Waals surface area contributed by atoms with Gasteiger partial charge in [0.15, 0.2) is 0 Å². The van der Waals surface area contributed by atoms with E-state index in [9.17, 15) is 19.8 Å². The minimum absolute atomic E-state index is 0.0599. The Labute approximate surface area is 372 Å². The number of nitrogens with one attached hydrogen (secondary N) is 1. The Balaban J connectivity index is 4.61. The number of rotatable bonds is 46. The summed E-state index contributed by atoms with van der Waals surface area (Å²) in [7, 11) is 0. The largest absolute Gasteiger partial charge is 0.462 e. The maximum Gasteiger partial charge on any atom is 0.306 e. The van der Waals surface area contributed by atoms with Gasteiger partial charge in [0.25, 0.3) is 0 Å². The van der Waals surface area contributed by atoms with Crippen LogP contribution in [0.2, 0.25) is 0 Å². The number of hydrogen-bond donors (Lipinski definition) is 3. The summed E-state index contributed by atoms with van der Waals surface area (Å²) in [6.45, 7) is 6.36. The van der Waals surface area contributed by atoms with Crippen LogP contribution in [0.1, 0.15) is 258 Å². The summed E-state index contributed by atoms with van der Waals surface area (Å²) in [4.78, 5) is 26.1. The number of aliphatic hydroxyl groups is 2. The van der Waals surface area contributed by atoms with Crippen molar-refractivity contribution in [1.82, 2.24) is 5.32 Å². The zero-order valence-corrected chi connectivity index (χ0v) is 39.8. The molecular formula is C54H99NO5. The smallest absolute Gasteiger partial charge is 0.306 e. The van der Waals surface area contributed by atoms with Crippen molar-refractivity contribution in [3.05, 3.63) is 48.6 Å². The van der Waals surface area contributed by atoms with Crippen LogP contribution in [-0.2, 0) is 14.3 Å². The highest BCUT2D eigenvalue weighted by molar-refractivity contribution is 5.77. The molecule has 60 heavy (non-hydrogen) atoms. The molecule has 350 valence electrons. The number of allylic oxidation sites excluding steroid dienone is 8. The van der Waals surface area contributed by atoms with E-state index < -0.39 is 18.2 Å². The van der Waals surface area contributed by atoms with Gasteiger partial charge in [0.2, 0.25) is 5.91 Å². The lowest BCUT2D eigenvalue weighted by atomic mass is 10.0. The van der Waals surface area contributed by atoms with Crippen LogP contribution in [-0.4, -0.2) is 46.9 Å². The van der Waals surface area contributed by atoms with Crippen LogP contribution in [0.15, 0.2) is 48.6 Å². The number of esters is 1. The maximum absolute atomic E-state index is 13.2. The molecule has 0 heterocycles. The van der Waals surface area contributed by atoms with E-state index in [-0.39, 0.29) is 24.9 Å². The minimum Gasteiger partial charge on any atom is -0.462 e. The second kappa shape index (κ2) is 47.9. The van der Waals surface area contributed by atoms with Crippen LogP contribution >= 0.6 is 0 Å². The fourth-order valence-electron chi connectivity index (χ4n) is 7.73. The Hall–Kier alpha value is -2.18. The van der Waals surface area contributed by atoms with Gasteiger partial charge in [-0.15, -0.1) is 0 Å². The molecule has 0 rings (SSSR count). The third kappa shape index (κ3) is 42.5. The predicted octanol–water partition coefficient (Wildman–Crippen LogP) is 15.5. The number of hydrogen-bond acceptors (Lipinski definition) is 5. The summed E-state index contributed by atoms with van der Waals surface area (Å²) < 4.78 is 5.92. The third-order valence-corrected chi connectivity index (χ3v) is 11.6. The van der Waals surface area contributed by atoms with Crippen LogP contribution in [0, 0.1) is 0 Å². The maximum atomic E-state index is 13.2. The van der Waals surface area contributed by atoms with Crippen molar-refractivity contribution in [3.63, 3.8) is 0 Å². The van der Waals surface area contributed by atoms with Crippen molar-refractivity contribution in [3.8, 4) is 0 Å². The predicted molar refractivity (Wildman–Crippen MR) is 259 cm³/mol. The molecule has 6 nitrogen and oxygen atoms in total. The average Bonchev–Trinajstić information content (AvgIpc) is 3.24. The first-order chi connectivity index (χ1) is 29.5. The fourth-order valence-corrected chi connectivity index (χ4v) is 7.73. The van der Waals surface area contributed by atoms with Gasteiger partial charge in [-0.25, -0.2) is 0 Å². The highest BCUT2D eigenvalue weighted by atomic mass is 16.5. The van der Waals surface area contributed by atoms with Crippen molar-refractivity contribution >= 4 is 11.9 Å². The Bertz CT molecular complexity index is 1040. The molecular weight excluding hydrogens is 743 g/mol. The highest BCUT2D eigenvalue weighted by Gasteiger charge is 2.24. The van der Waals surface area contributed by atoms with Gasteiger partial charge in [0, 0.05) is 6.42 Å². The van der Waals surface area contributed by atoms with Crippen LogP contribution in [0.4, 0.5) is 0 Å². The quantitative estimate of drug-likeness (QED) is 0.0322. The molecule has 0 aromatic carbocycles. The average molecular weight is 842 g/mol. The first kappa shape index (κ1) is 57.8. The number of unbranched alkanes of at least 4 members (excludes halogenated alkanes) is 26. The van der Waals surface area contributed by atoms with Gasteiger partial charge < -0.3 is 20.3 Å². The molecule has 0 aliphatic carbocycles. The Morgan fingerprint density at radius 2 is 0.900 bits per heavy atom. The van der Waals surface area contributed by atoms with Crippen LogP contribution in [0.3, 0.4) is 0 Å². The van der Waals surface area contributed by atoms with E-state index in [2.05, 4.69) is 74.7 Å². The molecule has 0 aliphatic rings. The lowest BCUT2D eigenvalue weighted by Gasteiger charge is -2.24. The first-order valence-electron chi connectivity index (χ1n) is 25.9. The summed E-state index contributed by atoms with van der Waals surface area (Å²) >= 11 is 0. The number of ether oxygens (including phenoxy) is 1. The second-order valence-corrected chi connectivity index (χ2v) is 17.5. The number of carbonyl (C=O) groups is 2. The second-order valence-electron chi connectivity index (χ2n) is 17.5.